The third-order valence-electron chi connectivity index (χ3n) is 1.67. The van der Waals surface area contributed by atoms with E-state index >= 15 is 0 Å². The molecule has 0 saturated carbocycles. The van der Waals surface area contributed by atoms with Crippen molar-refractivity contribution in [2.24, 2.45) is 0 Å². The normalized spacial score (nSPS) is 9.00. The second-order valence-corrected chi connectivity index (χ2v) is 3.22. The number of nitrogens with two attached hydrogens (primary N) is 1. The summed E-state index contributed by atoms with van der Waals surface area (Å²) in [5.41, 5.74) is 6.34. The predicted molar refractivity (Wildman–Crippen MR) is 69.4 cm³/mol. The number of likely N-dealkylation sites (N-methyl/N-ethyl adjacent to an activating group) is 1. The van der Waals surface area contributed by atoms with Crippen molar-refractivity contribution in [2.75, 3.05) is 33.0 Å². The quantitative estimate of drug-likeness (QED) is 0.834. The molecule has 5 heteroatoms. The van der Waals surface area contributed by atoms with Crippen LogP contribution in [0.5, 0.6) is 5.75 Å². The summed E-state index contributed by atoms with van der Waals surface area (Å²) in [4.78, 5) is 2.08. The Kier molecular flexibility index (Phi) is 9.68. The molecule has 0 spiro atoms. The highest BCUT2D eigenvalue weighted by Crippen LogP contribution is 2.13. The summed E-state index contributed by atoms with van der Waals surface area (Å²) in [6, 6.07) is 7.47. The van der Waals surface area contributed by atoms with E-state index in [-0.39, 0.29) is 24.8 Å². The molecular formula is C10H18Cl2N2O. The Bertz CT molecular complexity index is 269. The van der Waals surface area contributed by atoms with Gasteiger partial charge in [0.25, 0.3) is 0 Å². The van der Waals surface area contributed by atoms with Gasteiger partial charge in [-0.15, -0.1) is 24.8 Å². The molecule has 2 N–H and O–H groups in total. The number of nitrogens with zero attached hydrogens (tertiary/aromatic N) is 1. The van der Waals surface area contributed by atoms with Gasteiger partial charge in [-0.1, -0.05) is 6.07 Å². The first-order valence-corrected chi connectivity index (χ1v) is 4.31. The molecule has 0 bridgehead atoms. The van der Waals surface area contributed by atoms with E-state index in [0.29, 0.717) is 6.61 Å². The zero-order chi connectivity index (χ0) is 9.68. The van der Waals surface area contributed by atoms with Crippen molar-refractivity contribution in [3.05, 3.63) is 24.3 Å². The first-order chi connectivity index (χ1) is 6.18. The fourth-order valence-corrected chi connectivity index (χ4v) is 0.950. The third-order valence-corrected chi connectivity index (χ3v) is 1.67. The molecule has 1 rings (SSSR count). The lowest BCUT2D eigenvalue weighted by molar-refractivity contribution is 0.261. The largest absolute Gasteiger partial charge is 0.492 e. The fourth-order valence-electron chi connectivity index (χ4n) is 0.950. The Morgan fingerprint density at radius 1 is 1.27 bits per heavy atom. The summed E-state index contributed by atoms with van der Waals surface area (Å²) in [5, 5.41) is 0. The SMILES string of the molecule is CN(C)CCOc1cccc(N)c1.Cl.Cl. The van der Waals surface area contributed by atoms with Gasteiger partial charge in [-0.25, -0.2) is 0 Å². The Morgan fingerprint density at radius 2 is 1.93 bits per heavy atom. The number of hydrogen-bond acceptors (Lipinski definition) is 3. The van der Waals surface area contributed by atoms with Gasteiger partial charge in [-0.05, 0) is 26.2 Å². The van der Waals surface area contributed by atoms with Gasteiger partial charge in [-0.2, -0.15) is 0 Å². The van der Waals surface area contributed by atoms with E-state index in [1.165, 1.54) is 0 Å². The lowest BCUT2D eigenvalue weighted by Gasteiger charge is -2.10. The number of rotatable bonds is 4. The molecule has 1 aromatic carbocycles. The van der Waals surface area contributed by atoms with Crippen LogP contribution in [0, 0.1) is 0 Å². The molecule has 0 aromatic heterocycles. The first-order valence-electron chi connectivity index (χ1n) is 4.31. The molecule has 0 aliphatic heterocycles. The highest BCUT2D eigenvalue weighted by Gasteiger charge is 1.94. The second kappa shape index (κ2) is 8.65. The molecule has 0 atom stereocenters. The van der Waals surface area contributed by atoms with Crippen LogP contribution in [0.25, 0.3) is 0 Å². The van der Waals surface area contributed by atoms with Crippen molar-refractivity contribution in [3.8, 4) is 5.75 Å². The van der Waals surface area contributed by atoms with E-state index in [9.17, 15) is 0 Å². The van der Waals surface area contributed by atoms with E-state index < -0.39 is 0 Å². The predicted octanol–water partition coefficient (Wildman–Crippen LogP) is 2.05. The van der Waals surface area contributed by atoms with Crippen molar-refractivity contribution >= 4 is 30.5 Å². The summed E-state index contributed by atoms with van der Waals surface area (Å²) < 4.78 is 5.48. The van der Waals surface area contributed by atoms with Crippen LogP contribution in [-0.2, 0) is 0 Å². The molecule has 3 nitrogen and oxygen atoms in total. The molecule has 0 aliphatic carbocycles. The van der Waals surface area contributed by atoms with Crippen LogP contribution in [-0.4, -0.2) is 32.1 Å². The van der Waals surface area contributed by atoms with E-state index in [1.54, 1.807) is 0 Å². The molecule has 0 fully saturated rings. The molecular weight excluding hydrogens is 235 g/mol. The van der Waals surface area contributed by atoms with Crippen LogP contribution in [0.3, 0.4) is 0 Å². The number of ether oxygens (including phenoxy) is 1. The van der Waals surface area contributed by atoms with Crippen molar-refractivity contribution in [1.29, 1.82) is 0 Å². The Labute approximate surface area is 103 Å². The first kappa shape index (κ1) is 16.8. The lowest BCUT2D eigenvalue weighted by atomic mass is 10.3. The molecule has 0 saturated heterocycles. The molecule has 0 amide bonds. The van der Waals surface area contributed by atoms with E-state index in [4.69, 9.17) is 10.5 Å². The second-order valence-electron chi connectivity index (χ2n) is 3.22. The van der Waals surface area contributed by atoms with Crippen LogP contribution in [0.4, 0.5) is 5.69 Å². The minimum atomic E-state index is 0. The average Bonchev–Trinajstić information content (AvgIpc) is 2.03. The number of hydrogen-bond donors (Lipinski definition) is 1. The van der Waals surface area contributed by atoms with E-state index in [1.807, 2.05) is 38.4 Å². The monoisotopic (exact) mass is 252 g/mol. The zero-order valence-electron chi connectivity index (χ0n) is 8.97. The third kappa shape index (κ3) is 7.31. The van der Waals surface area contributed by atoms with Crippen molar-refractivity contribution in [1.82, 2.24) is 4.90 Å². The van der Waals surface area contributed by atoms with Gasteiger partial charge in [0.15, 0.2) is 0 Å². The van der Waals surface area contributed by atoms with Gasteiger partial charge in [0.05, 0.1) is 0 Å². The minimum absolute atomic E-state index is 0. The molecule has 88 valence electrons. The van der Waals surface area contributed by atoms with Gasteiger partial charge in [0.2, 0.25) is 0 Å². The Morgan fingerprint density at radius 3 is 2.47 bits per heavy atom. The molecule has 0 unspecified atom stereocenters. The maximum Gasteiger partial charge on any atom is 0.121 e. The van der Waals surface area contributed by atoms with Crippen LogP contribution < -0.4 is 10.5 Å². The molecule has 0 aliphatic rings. The van der Waals surface area contributed by atoms with Gasteiger partial charge < -0.3 is 15.4 Å². The standard InChI is InChI=1S/C10H16N2O.2ClH/c1-12(2)6-7-13-10-5-3-4-9(11)8-10;;/h3-5,8H,6-7,11H2,1-2H3;2*1H. The van der Waals surface area contributed by atoms with Crippen LogP contribution in [0.15, 0.2) is 24.3 Å². The summed E-state index contributed by atoms with van der Waals surface area (Å²) in [7, 11) is 4.03. The molecule has 15 heavy (non-hydrogen) atoms. The Balaban J connectivity index is 0. The van der Waals surface area contributed by atoms with Gasteiger partial charge in [0.1, 0.15) is 12.4 Å². The van der Waals surface area contributed by atoms with Gasteiger partial charge in [0, 0.05) is 18.3 Å². The summed E-state index contributed by atoms with van der Waals surface area (Å²) in [6.07, 6.45) is 0. The summed E-state index contributed by atoms with van der Waals surface area (Å²) in [6.45, 7) is 1.60. The molecule has 1 aromatic rings. The maximum absolute atomic E-state index is 5.60. The smallest absolute Gasteiger partial charge is 0.121 e. The number of benzene rings is 1. The van der Waals surface area contributed by atoms with Crippen molar-refractivity contribution < 1.29 is 4.74 Å². The minimum Gasteiger partial charge on any atom is -0.492 e. The van der Waals surface area contributed by atoms with Crippen molar-refractivity contribution in [2.45, 2.75) is 0 Å². The molecule has 0 radical (unpaired) electrons. The van der Waals surface area contributed by atoms with Crippen LogP contribution >= 0.6 is 24.8 Å². The summed E-state index contributed by atoms with van der Waals surface area (Å²) >= 11 is 0. The number of nitrogen functional groups attached to an aromatic ring is 1. The Hall–Kier alpha value is -0.640. The lowest BCUT2D eigenvalue weighted by Crippen LogP contribution is -2.19. The average molecular weight is 253 g/mol. The highest BCUT2D eigenvalue weighted by atomic mass is 35.5. The van der Waals surface area contributed by atoms with Gasteiger partial charge in [-0.3, -0.25) is 0 Å². The zero-order valence-corrected chi connectivity index (χ0v) is 10.6. The van der Waals surface area contributed by atoms with Gasteiger partial charge >= 0.3 is 0 Å². The number of halogens is 2. The van der Waals surface area contributed by atoms with Crippen LogP contribution in [0.2, 0.25) is 0 Å². The van der Waals surface area contributed by atoms with Crippen molar-refractivity contribution in [3.63, 3.8) is 0 Å². The maximum atomic E-state index is 5.60. The molecule has 0 heterocycles. The topological polar surface area (TPSA) is 38.5 Å². The number of anilines is 1. The van der Waals surface area contributed by atoms with Crippen LogP contribution in [0.1, 0.15) is 0 Å². The van der Waals surface area contributed by atoms with E-state index in [0.717, 1.165) is 18.0 Å². The summed E-state index contributed by atoms with van der Waals surface area (Å²) in [5.74, 6) is 0.835. The fraction of sp³-hybridized carbons (Fsp3) is 0.400. The van der Waals surface area contributed by atoms with E-state index in [2.05, 4.69) is 4.90 Å². The highest BCUT2D eigenvalue weighted by molar-refractivity contribution is 5.85.